The minimum absolute atomic E-state index is 0.257. The molecule has 3 nitrogen and oxygen atoms in total. The molecule has 1 aromatic rings. The van der Waals surface area contributed by atoms with Gasteiger partial charge in [-0.15, -0.1) is 0 Å². The van der Waals surface area contributed by atoms with E-state index < -0.39 is 6.10 Å². The largest absolute Gasteiger partial charge is 0.508 e. The molecule has 0 radical (unpaired) electrons. The number of para-hydroxylation sites is 1. The van der Waals surface area contributed by atoms with E-state index in [1.807, 2.05) is 6.07 Å². The van der Waals surface area contributed by atoms with Crippen molar-refractivity contribution in [1.29, 1.82) is 5.41 Å². The van der Waals surface area contributed by atoms with Crippen molar-refractivity contribution in [2.75, 3.05) is 0 Å². The molecule has 0 spiro atoms. The van der Waals surface area contributed by atoms with Crippen LogP contribution < -0.4 is 0 Å². The third-order valence-corrected chi connectivity index (χ3v) is 1.76. The first-order valence-corrected chi connectivity index (χ1v) is 4.55. The molecular weight excluding hydrogens is 190 g/mol. The van der Waals surface area contributed by atoms with Crippen LogP contribution >= 0.6 is 0 Å². The summed E-state index contributed by atoms with van der Waals surface area (Å²) in [6.07, 6.45) is 5.92. The zero-order valence-corrected chi connectivity index (χ0v) is 8.17. The van der Waals surface area contributed by atoms with Crippen molar-refractivity contribution in [3.63, 3.8) is 0 Å². The van der Waals surface area contributed by atoms with Gasteiger partial charge >= 0.3 is 0 Å². The zero-order valence-electron chi connectivity index (χ0n) is 8.17. The number of phenols is 1. The summed E-state index contributed by atoms with van der Waals surface area (Å²) in [5, 5.41) is 24.5. The second-order valence-corrected chi connectivity index (χ2v) is 2.98. The number of hydrogen-bond donors (Lipinski definition) is 3. The molecule has 0 saturated heterocycles. The first-order valence-electron chi connectivity index (χ1n) is 4.55. The van der Waals surface area contributed by atoms with E-state index in [9.17, 15) is 0 Å². The second-order valence-electron chi connectivity index (χ2n) is 2.98. The van der Waals surface area contributed by atoms with Gasteiger partial charge < -0.3 is 15.6 Å². The summed E-state index contributed by atoms with van der Waals surface area (Å²) < 4.78 is 0. The monoisotopic (exact) mass is 203 g/mol. The molecule has 78 valence electrons. The van der Waals surface area contributed by atoms with Gasteiger partial charge in [-0.1, -0.05) is 36.4 Å². The Labute approximate surface area is 88.5 Å². The van der Waals surface area contributed by atoms with Gasteiger partial charge in [-0.2, -0.15) is 0 Å². The van der Waals surface area contributed by atoms with E-state index in [-0.39, 0.29) is 5.71 Å². The summed E-state index contributed by atoms with van der Waals surface area (Å²) in [5.41, 5.74) is 0.257. The summed E-state index contributed by atoms with van der Waals surface area (Å²) in [5.74, 6) is 0.322. The predicted octanol–water partition coefficient (Wildman–Crippen LogP) is 1.89. The maximum Gasteiger partial charge on any atom is 0.115 e. The normalized spacial score (nSPS) is 18.2. The maximum absolute atomic E-state index is 8.82. The average molecular weight is 203 g/mol. The summed E-state index contributed by atoms with van der Waals surface area (Å²) >= 11 is 0. The van der Waals surface area contributed by atoms with E-state index in [2.05, 4.69) is 0 Å². The van der Waals surface area contributed by atoms with Crippen molar-refractivity contribution < 1.29 is 10.2 Å². The fraction of sp³-hybridized carbons (Fsp3) is 0.0833. The van der Waals surface area contributed by atoms with Gasteiger partial charge in [0.25, 0.3) is 0 Å². The summed E-state index contributed by atoms with van der Waals surface area (Å²) in [4.78, 5) is 0. The van der Waals surface area contributed by atoms with Crippen LogP contribution in [0.15, 0.2) is 54.6 Å². The highest BCUT2D eigenvalue weighted by molar-refractivity contribution is 5.98. The number of aliphatic hydroxyl groups excluding tert-OH is 1. The molecule has 0 bridgehead atoms. The van der Waals surface area contributed by atoms with Gasteiger partial charge in [-0.05, 0) is 18.2 Å². The first kappa shape index (κ1) is 11.2. The van der Waals surface area contributed by atoms with Crippen molar-refractivity contribution >= 4 is 5.71 Å². The average Bonchev–Trinajstić information content (AvgIpc) is 2.25. The van der Waals surface area contributed by atoms with Crippen LogP contribution in [0.2, 0.25) is 0 Å². The van der Waals surface area contributed by atoms with E-state index in [1.54, 1.807) is 48.6 Å². The van der Waals surface area contributed by atoms with Crippen LogP contribution in [0.25, 0.3) is 0 Å². The Morgan fingerprint density at radius 2 is 1.73 bits per heavy atom. The van der Waals surface area contributed by atoms with Gasteiger partial charge in [0.1, 0.15) is 11.9 Å². The molecule has 0 heterocycles. The number of rotatable bonds is 0. The fourth-order valence-electron chi connectivity index (χ4n) is 0.959. The summed E-state index contributed by atoms with van der Waals surface area (Å²) in [6.45, 7) is 0. The van der Waals surface area contributed by atoms with Crippen LogP contribution in [-0.4, -0.2) is 22.0 Å². The summed E-state index contributed by atoms with van der Waals surface area (Å²) in [6, 6.07) is 8.71. The molecule has 0 fully saturated rings. The van der Waals surface area contributed by atoms with Gasteiger partial charge in [0.2, 0.25) is 0 Å². The Bertz CT molecular complexity index is 368. The van der Waals surface area contributed by atoms with Crippen molar-refractivity contribution in [2.45, 2.75) is 6.10 Å². The number of aliphatic hydroxyl groups is 1. The number of phenolic OH excluding ortho intramolecular Hbond substituents is 1. The van der Waals surface area contributed by atoms with E-state index in [4.69, 9.17) is 15.6 Å². The van der Waals surface area contributed by atoms with Crippen LogP contribution in [0, 0.1) is 5.41 Å². The Hall–Kier alpha value is -1.87. The SMILES string of the molecule is N=C1C=CC=CC1O.Oc1ccccc1. The van der Waals surface area contributed by atoms with E-state index in [0.717, 1.165) is 0 Å². The number of allylic oxidation sites excluding steroid dienone is 2. The maximum atomic E-state index is 8.82. The number of hydrogen-bond acceptors (Lipinski definition) is 3. The summed E-state index contributed by atoms with van der Waals surface area (Å²) in [7, 11) is 0. The fourth-order valence-corrected chi connectivity index (χ4v) is 0.959. The molecule has 1 atom stereocenters. The molecule has 1 aliphatic carbocycles. The molecule has 1 unspecified atom stereocenters. The van der Waals surface area contributed by atoms with E-state index >= 15 is 0 Å². The number of benzene rings is 1. The molecule has 0 saturated carbocycles. The molecule has 2 rings (SSSR count). The standard InChI is InChI=1S/C6H7NO.C6H6O/c7-5-3-1-2-4-6(5)8;7-6-4-2-1-3-5-6/h1-4,6-8H;1-5,7H. The van der Waals surface area contributed by atoms with Crippen molar-refractivity contribution in [3.05, 3.63) is 54.6 Å². The molecular formula is C12H13NO2. The van der Waals surface area contributed by atoms with Gasteiger partial charge in [-0.25, -0.2) is 0 Å². The molecule has 1 aliphatic rings. The Morgan fingerprint density at radius 1 is 1.07 bits per heavy atom. The van der Waals surface area contributed by atoms with Gasteiger partial charge in [-0.3, -0.25) is 0 Å². The lowest BCUT2D eigenvalue weighted by Gasteiger charge is -2.04. The quantitative estimate of drug-likeness (QED) is 0.602. The number of nitrogens with one attached hydrogen (secondary N) is 1. The smallest absolute Gasteiger partial charge is 0.115 e. The zero-order chi connectivity index (χ0) is 11.1. The lowest BCUT2D eigenvalue weighted by molar-refractivity contribution is 0.288. The Kier molecular flexibility index (Phi) is 4.31. The predicted molar refractivity (Wildman–Crippen MR) is 60.1 cm³/mol. The molecule has 0 aromatic heterocycles. The minimum Gasteiger partial charge on any atom is -0.508 e. The molecule has 3 heteroatoms. The van der Waals surface area contributed by atoms with Crippen LogP contribution in [0.1, 0.15) is 0 Å². The second kappa shape index (κ2) is 5.78. The molecule has 1 aromatic carbocycles. The number of aromatic hydroxyl groups is 1. The highest BCUT2D eigenvalue weighted by atomic mass is 16.3. The molecule has 0 aliphatic heterocycles. The third-order valence-electron chi connectivity index (χ3n) is 1.76. The van der Waals surface area contributed by atoms with Crippen molar-refractivity contribution in [2.24, 2.45) is 0 Å². The molecule has 0 amide bonds. The first-order chi connectivity index (χ1) is 7.20. The third kappa shape index (κ3) is 4.24. The topological polar surface area (TPSA) is 64.3 Å². The van der Waals surface area contributed by atoms with E-state index in [1.165, 1.54) is 0 Å². The van der Waals surface area contributed by atoms with E-state index in [0.29, 0.717) is 5.75 Å². The van der Waals surface area contributed by atoms with Crippen molar-refractivity contribution in [1.82, 2.24) is 0 Å². The Balaban J connectivity index is 0.000000151. The minimum atomic E-state index is -0.681. The van der Waals surface area contributed by atoms with Crippen LogP contribution in [0.4, 0.5) is 0 Å². The molecule has 3 N–H and O–H groups in total. The van der Waals surface area contributed by atoms with Crippen LogP contribution in [0.5, 0.6) is 5.75 Å². The highest BCUT2D eigenvalue weighted by Crippen LogP contribution is 2.02. The van der Waals surface area contributed by atoms with Crippen LogP contribution in [-0.2, 0) is 0 Å². The molecule has 15 heavy (non-hydrogen) atoms. The van der Waals surface area contributed by atoms with Gasteiger partial charge in [0.15, 0.2) is 0 Å². The van der Waals surface area contributed by atoms with Crippen LogP contribution in [0.3, 0.4) is 0 Å². The lowest BCUT2D eigenvalue weighted by Crippen LogP contribution is -2.15. The lowest BCUT2D eigenvalue weighted by atomic mass is 10.1. The van der Waals surface area contributed by atoms with Gasteiger partial charge in [0, 0.05) is 0 Å². The van der Waals surface area contributed by atoms with Crippen molar-refractivity contribution in [3.8, 4) is 5.75 Å². The Morgan fingerprint density at radius 3 is 2.07 bits per heavy atom. The highest BCUT2D eigenvalue weighted by Gasteiger charge is 2.03. The van der Waals surface area contributed by atoms with Gasteiger partial charge in [0.05, 0.1) is 5.71 Å².